The maximum Gasteiger partial charge on any atom is 0.0648 e. The summed E-state index contributed by atoms with van der Waals surface area (Å²) in [4.78, 5) is 4.73. The van der Waals surface area contributed by atoms with Gasteiger partial charge < -0.3 is 9.80 Å². The van der Waals surface area contributed by atoms with E-state index in [0.717, 1.165) is 0 Å². The van der Waals surface area contributed by atoms with Crippen molar-refractivity contribution in [3.05, 3.63) is 95.7 Å². The van der Waals surface area contributed by atoms with Gasteiger partial charge in [-0.15, -0.1) is 0 Å². The Bertz CT molecular complexity index is 1050. The lowest BCUT2D eigenvalue weighted by Gasteiger charge is -2.41. The largest absolute Gasteiger partial charge is 0.365 e. The van der Waals surface area contributed by atoms with Crippen LogP contribution in [0.1, 0.15) is 45.7 Å². The molecule has 0 fully saturated rings. The van der Waals surface area contributed by atoms with Gasteiger partial charge >= 0.3 is 0 Å². The maximum absolute atomic E-state index is 2.41. The van der Waals surface area contributed by atoms with Crippen LogP contribution in [-0.4, -0.2) is 19.6 Å². The number of hydrogen-bond donors (Lipinski definition) is 0. The lowest BCUT2D eigenvalue weighted by atomic mass is 9.71. The number of allylic oxidation sites excluding steroid dienone is 5. The van der Waals surface area contributed by atoms with Crippen molar-refractivity contribution in [3.63, 3.8) is 0 Å². The molecule has 0 radical (unpaired) electrons. The van der Waals surface area contributed by atoms with Crippen molar-refractivity contribution in [2.24, 2.45) is 0 Å². The van der Waals surface area contributed by atoms with Crippen LogP contribution >= 0.6 is 0 Å². The molecule has 0 saturated heterocycles. The minimum Gasteiger partial charge on any atom is -0.365 e. The quantitative estimate of drug-likeness (QED) is 0.538. The Balaban J connectivity index is 1.57. The molecule has 0 aliphatic carbocycles. The van der Waals surface area contributed by atoms with Gasteiger partial charge in [0.1, 0.15) is 0 Å². The van der Waals surface area contributed by atoms with Gasteiger partial charge in [0, 0.05) is 42.0 Å². The summed E-state index contributed by atoms with van der Waals surface area (Å²) in [6.45, 7) is 11.6. The Labute approximate surface area is 182 Å². The van der Waals surface area contributed by atoms with Gasteiger partial charge in [-0.3, -0.25) is 0 Å². The number of fused-ring (bicyclic) bond motifs is 2. The first-order chi connectivity index (χ1) is 14.1. The van der Waals surface area contributed by atoms with Crippen molar-refractivity contribution < 1.29 is 0 Å². The molecule has 2 heteroatoms. The van der Waals surface area contributed by atoms with E-state index in [1.165, 1.54) is 28.2 Å². The second-order valence-corrected chi connectivity index (χ2v) is 9.85. The van der Waals surface area contributed by atoms with Crippen LogP contribution < -0.4 is 9.80 Å². The number of anilines is 2. The summed E-state index contributed by atoms with van der Waals surface area (Å²) < 4.78 is 0. The summed E-state index contributed by atoms with van der Waals surface area (Å²) in [5.41, 5.74) is 6.74. The van der Waals surface area contributed by atoms with Crippen LogP contribution in [0.3, 0.4) is 0 Å². The Hall–Kier alpha value is -2.74. The molecule has 1 unspecified atom stereocenters. The standard InChI is InChI=1S/C28H34N2/c1-26(2)21-15-10-12-17-23(21)29(6)25(26)19-9-8-14-20-28(5)27(3,4)22-16-11-13-18-24(22)30(28)7/h8-20H,1-7H3/b9-8+,20-14+,25-19+. The molecule has 2 nitrogen and oxygen atoms in total. The van der Waals surface area contributed by atoms with Crippen LogP contribution in [0.5, 0.6) is 0 Å². The van der Waals surface area contributed by atoms with Crippen LogP contribution in [0.2, 0.25) is 0 Å². The fourth-order valence-corrected chi connectivity index (χ4v) is 5.31. The number of nitrogens with zero attached hydrogens (tertiary/aromatic N) is 2. The van der Waals surface area contributed by atoms with Crippen molar-refractivity contribution in [2.45, 2.75) is 51.0 Å². The molecule has 0 aromatic heterocycles. The molecule has 2 aliphatic rings. The fourth-order valence-electron chi connectivity index (χ4n) is 5.31. The molecule has 0 amide bonds. The van der Waals surface area contributed by atoms with E-state index >= 15 is 0 Å². The third-order valence-electron chi connectivity index (χ3n) is 7.74. The first-order valence-electron chi connectivity index (χ1n) is 10.9. The molecule has 2 aromatic carbocycles. The van der Waals surface area contributed by atoms with E-state index in [1.807, 2.05) is 0 Å². The van der Waals surface area contributed by atoms with Crippen LogP contribution in [-0.2, 0) is 10.8 Å². The van der Waals surface area contributed by atoms with Crippen molar-refractivity contribution in [3.8, 4) is 0 Å². The topological polar surface area (TPSA) is 6.48 Å². The number of rotatable bonds is 3. The van der Waals surface area contributed by atoms with E-state index < -0.39 is 0 Å². The molecular formula is C28H34N2. The molecule has 0 bridgehead atoms. The average Bonchev–Trinajstić information content (AvgIpc) is 3.01. The molecule has 0 saturated carbocycles. The lowest BCUT2D eigenvalue weighted by molar-refractivity contribution is 0.361. The van der Waals surface area contributed by atoms with Gasteiger partial charge in [0.05, 0.1) is 5.54 Å². The maximum atomic E-state index is 2.41. The molecule has 1 atom stereocenters. The van der Waals surface area contributed by atoms with Gasteiger partial charge in [0.15, 0.2) is 0 Å². The highest BCUT2D eigenvalue weighted by Crippen LogP contribution is 2.51. The zero-order valence-corrected chi connectivity index (χ0v) is 19.4. The van der Waals surface area contributed by atoms with E-state index in [9.17, 15) is 0 Å². The summed E-state index contributed by atoms with van der Waals surface area (Å²) in [6.07, 6.45) is 11.1. The smallest absolute Gasteiger partial charge is 0.0648 e. The van der Waals surface area contributed by atoms with E-state index in [2.05, 4.69) is 137 Å². The van der Waals surface area contributed by atoms with E-state index in [4.69, 9.17) is 0 Å². The second-order valence-electron chi connectivity index (χ2n) is 9.85. The molecule has 2 heterocycles. The van der Waals surface area contributed by atoms with Crippen LogP contribution in [0.15, 0.2) is 84.6 Å². The molecular weight excluding hydrogens is 364 g/mol. The number of benzene rings is 2. The van der Waals surface area contributed by atoms with Crippen LogP contribution in [0.4, 0.5) is 11.4 Å². The zero-order valence-electron chi connectivity index (χ0n) is 19.4. The molecule has 0 N–H and O–H groups in total. The minimum absolute atomic E-state index is 0.0146. The van der Waals surface area contributed by atoms with Crippen molar-refractivity contribution in [1.82, 2.24) is 0 Å². The Morgan fingerprint density at radius 3 is 1.93 bits per heavy atom. The third-order valence-corrected chi connectivity index (χ3v) is 7.74. The first-order valence-corrected chi connectivity index (χ1v) is 10.9. The Kier molecular flexibility index (Phi) is 4.73. The van der Waals surface area contributed by atoms with Gasteiger partial charge in [0.25, 0.3) is 0 Å². The minimum atomic E-state index is -0.0756. The van der Waals surface area contributed by atoms with E-state index in [0.29, 0.717) is 0 Å². The molecule has 2 aliphatic heterocycles. The van der Waals surface area contributed by atoms with Crippen LogP contribution in [0.25, 0.3) is 0 Å². The number of para-hydroxylation sites is 2. The number of likely N-dealkylation sites (N-methyl/N-ethyl adjacent to an activating group) is 2. The van der Waals surface area contributed by atoms with Gasteiger partial charge in [-0.05, 0) is 36.3 Å². The SMILES string of the molecule is CN1/C(=C/C=C/C=C/C2(C)N(C)c3ccccc3C2(C)C)C(C)(C)c2ccccc21. The van der Waals surface area contributed by atoms with Crippen molar-refractivity contribution >= 4 is 11.4 Å². The van der Waals surface area contributed by atoms with E-state index in [1.54, 1.807) is 0 Å². The lowest BCUT2D eigenvalue weighted by Crippen LogP contribution is -2.50. The Morgan fingerprint density at radius 1 is 0.700 bits per heavy atom. The normalized spacial score (nSPS) is 25.5. The van der Waals surface area contributed by atoms with Gasteiger partial charge in [-0.1, -0.05) is 88.4 Å². The predicted octanol–water partition coefficient (Wildman–Crippen LogP) is 6.60. The molecule has 2 aromatic rings. The van der Waals surface area contributed by atoms with Gasteiger partial charge in [-0.2, -0.15) is 0 Å². The van der Waals surface area contributed by atoms with E-state index in [-0.39, 0.29) is 16.4 Å². The monoisotopic (exact) mass is 398 g/mol. The summed E-state index contributed by atoms with van der Waals surface area (Å²) in [5.74, 6) is 0. The van der Waals surface area contributed by atoms with Crippen LogP contribution in [0, 0.1) is 0 Å². The van der Waals surface area contributed by atoms with Gasteiger partial charge in [0.2, 0.25) is 0 Å². The van der Waals surface area contributed by atoms with Gasteiger partial charge in [-0.25, -0.2) is 0 Å². The molecule has 156 valence electrons. The average molecular weight is 399 g/mol. The highest BCUT2D eigenvalue weighted by Gasteiger charge is 2.50. The molecule has 4 rings (SSSR count). The van der Waals surface area contributed by atoms with Crippen molar-refractivity contribution in [2.75, 3.05) is 23.9 Å². The highest BCUT2D eigenvalue weighted by atomic mass is 15.2. The Morgan fingerprint density at radius 2 is 1.30 bits per heavy atom. The summed E-state index contributed by atoms with van der Waals surface area (Å²) in [6, 6.07) is 17.5. The molecule has 0 spiro atoms. The highest BCUT2D eigenvalue weighted by molar-refractivity contribution is 5.70. The predicted molar refractivity (Wildman–Crippen MR) is 131 cm³/mol. The third kappa shape index (κ3) is 2.77. The molecule has 30 heavy (non-hydrogen) atoms. The van der Waals surface area contributed by atoms with Crippen molar-refractivity contribution in [1.29, 1.82) is 0 Å². The first kappa shape index (κ1) is 20.5. The second kappa shape index (κ2) is 6.91. The summed E-state index contributed by atoms with van der Waals surface area (Å²) in [7, 11) is 4.37. The summed E-state index contributed by atoms with van der Waals surface area (Å²) >= 11 is 0. The summed E-state index contributed by atoms with van der Waals surface area (Å²) in [5, 5.41) is 0. The zero-order chi connectivity index (χ0) is 21.7. The fraction of sp³-hybridized carbons (Fsp3) is 0.357. The number of hydrogen-bond acceptors (Lipinski definition) is 2.